The summed E-state index contributed by atoms with van der Waals surface area (Å²) < 4.78 is 6.10. The van der Waals surface area contributed by atoms with Gasteiger partial charge in [-0.2, -0.15) is 0 Å². The number of methoxy groups -OCH3 is 1. The van der Waals surface area contributed by atoms with Gasteiger partial charge in [-0.15, -0.1) is 0 Å². The first kappa shape index (κ1) is 11.7. The molecule has 1 atom stereocenters. The Kier molecular flexibility index (Phi) is 3.34. The fourth-order valence-electron chi connectivity index (χ4n) is 1.76. The second-order valence-corrected chi connectivity index (χ2v) is 4.84. The van der Waals surface area contributed by atoms with Crippen LogP contribution in [0.2, 0.25) is 0 Å². The van der Waals surface area contributed by atoms with Gasteiger partial charge in [0.15, 0.2) is 0 Å². The number of carbonyl (C=O) groups excluding carboxylic acids is 1. The van der Waals surface area contributed by atoms with Crippen molar-refractivity contribution >= 4 is 34.2 Å². The number of ether oxygens (including phenoxy) is 1. The Bertz CT molecular complexity index is 422. The molecule has 2 rings (SSSR count). The van der Waals surface area contributed by atoms with Gasteiger partial charge < -0.3 is 14.7 Å². The van der Waals surface area contributed by atoms with E-state index < -0.39 is 6.10 Å². The van der Waals surface area contributed by atoms with Crippen molar-refractivity contribution in [2.45, 2.75) is 12.5 Å². The number of aliphatic hydroxyl groups excluding tert-OH is 1. The van der Waals surface area contributed by atoms with Gasteiger partial charge in [0.05, 0.1) is 29.7 Å². The quantitative estimate of drug-likeness (QED) is 0.833. The van der Waals surface area contributed by atoms with Crippen molar-refractivity contribution in [2.75, 3.05) is 18.6 Å². The van der Waals surface area contributed by atoms with E-state index in [0.29, 0.717) is 6.54 Å². The van der Waals surface area contributed by atoms with Crippen LogP contribution in [0.3, 0.4) is 0 Å². The topological polar surface area (TPSA) is 49.8 Å². The van der Waals surface area contributed by atoms with E-state index in [0.717, 1.165) is 15.0 Å². The highest BCUT2D eigenvalue weighted by atomic mass is 127. The molecule has 0 aromatic heterocycles. The average molecular weight is 333 g/mol. The van der Waals surface area contributed by atoms with Crippen molar-refractivity contribution in [3.8, 4) is 5.75 Å². The molecule has 1 aliphatic rings. The summed E-state index contributed by atoms with van der Waals surface area (Å²) >= 11 is 2.16. The van der Waals surface area contributed by atoms with Crippen molar-refractivity contribution < 1.29 is 14.6 Å². The fraction of sp³-hybridized carbons (Fsp3) is 0.364. The molecule has 1 aromatic carbocycles. The molecular formula is C11H12INO3. The van der Waals surface area contributed by atoms with Crippen molar-refractivity contribution in [1.29, 1.82) is 0 Å². The van der Waals surface area contributed by atoms with Gasteiger partial charge in [-0.05, 0) is 40.8 Å². The molecule has 4 nitrogen and oxygen atoms in total. The number of hydrogen-bond donors (Lipinski definition) is 1. The molecule has 1 fully saturated rings. The monoisotopic (exact) mass is 333 g/mol. The number of amides is 1. The molecule has 1 N–H and O–H groups in total. The van der Waals surface area contributed by atoms with Crippen molar-refractivity contribution in [1.82, 2.24) is 0 Å². The van der Waals surface area contributed by atoms with Crippen molar-refractivity contribution in [3.63, 3.8) is 0 Å². The lowest BCUT2D eigenvalue weighted by Gasteiger charge is -2.16. The summed E-state index contributed by atoms with van der Waals surface area (Å²) in [5, 5.41) is 9.41. The normalized spacial score (nSPS) is 20.3. The van der Waals surface area contributed by atoms with Crippen molar-refractivity contribution in [3.05, 3.63) is 21.8 Å². The van der Waals surface area contributed by atoms with Gasteiger partial charge in [0.1, 0.15) is 5.75 Å². The second kappa shape index (κ2) is 4.58. The van der Waals surface area contributed by atoms with Crippen LogP contribution in [0.15, 0.2) is 18.2 Å². The summed E-state index contributed by atoms with van der Waals surface area (Å²) in [6.45, 7) is 0.376. The van der Waals surface area contributed by atoms with Crippen LogP contribution < -0.4 is 9.64 Å². The number of anilines is 1. The van der Waals surface area contributed by atoms with Crippen LogP contribution in [0.25, 0.3) is 0 Å². The van der Waals surface area contributed by atoms with Gasteiger partial charge in [0.25, 0.3) is 0 Å². The maximum Gasteiger partial charge on any atom is 0.229 e. The summed E-state index contributed by atoms with van der Waals surface area (Å²) in [6.07, 6.45) is -0.338. The number of rotatable bonds is 2. The minimum absolute atomic E-state index is 0.0338. The average Bonchev–Trinajstić information content (AvgIpc) is 2.58. The van der Waals surface area contributed by atoms with Gasteiger partial charge in [-0.25, -0.2) is 0 Å². The van der Waals surface area contributed by atoms with Crippen LogP contribution in [0.1, 0.15) is 6.42 Å². The maximum absolute atomic E-state index is 11.6. The highest BCUT2D eigenvalue weighted by Gasteiger charge is 2.29. The van der Waals surface area contributed by atoms with Gasteiger partial charge in [-0.3, -0.25) is 4.79 Å². The highest BCUT2D eigenvalue weighted by Crippen LogP contribution is 2.28. The Labute approximate surface area is 107 Å². The summed E-state index contributed by atoms with van der Waals surface area (Å²) in [7, 11) is 1.61. The van der Waals surface area contributed by atoms with E-state index in [4.69, 9.17) is 4.74 Å². The Balaban J connectivity index is 2.28. The predicted octanol–water partition coefficient (Wildman–Crippen LogP) is 1.40. The second-order valence-electron chi connectivity index (χ2n) is 3.68. The largest absolute Gasteiger partial charge is 0.496 e. The molecule has 0 bridgehead atoms. The van der Waals surface area contributed by atoms with Crippen LogP contribution in [0.5, 0.6) is 5.75 Å². The lowest BCUT2D eigenvalue weighted by Crippen LogP contribution is -2.25. The minimum atomic E-state index is -0.549. The lowest BCUT2D eigenvalue weighted by molar-refractivity contribution is -0.117. The standard InChI is InChI=1S/C11H12INO3/c1-16-10-3-2-7(4-9(10)12)13-6-8(14)5-11(13)15/h2-4,8,14H,5-6H2,1H3. The van der Waals surface area contributed by atoms with E-state index in [1.54, 1.807) is 12.0 Å². The van der Waals surface area contributed by atoms with E-state index in [1.807, 2.05) is 18.2 Å². The smallest absolute Gasteiger partial charge is 0.229 e. The van der Waals surface area contributed by atoms with Crippen LogP contribution in [-0.4, -0.2) is 30.8 Å². The van der Waals surface area contributed by atoms with Gasteiger partial charge in [-0.1, -0.05) is 0 Å². The molecule has 0 radical (unpaired) electrons. The van der Waals surface area contributed by atoms with Crippen LogP contribution in [-0.2, 0) is 4.79 Å². The first-order chi connectivity index (χ1) is 7.61. The van der Waals surface area contributed by atoms with Crippen LogP contribution >= 0.6 is 22.6 Å². The zero-order chi connectivity index (χ0) is 11.7. The Morgan fingerprint density at radius 1 is 1.56 bits per heavy atom. The van der Waals surface area contributed by atoms with Crippen LogP contribution in [0.4, 0.5) is 5.69 Å². The zero-order valence-corrected chi connectivity index (χ0v) is 11.0. The van der Waals surface area contributed by atoms with E-state index in [9.17, 15) is 9.90 Å². The maximum atomic E-state index is 11.6. The highest BCUT2D eigenvalue weighted by molar-refractivity contribution is 14.1. The van der Waals surface area contributed by atoms with Gasteiger partial charge in [0, 0.05) is 5.69 Å². The number of hydrogen-bond acceptors (Lipinski definition) is 3. The molecular weight excluding hydrogens is 321 g/mol. The number of nitrogens with zero attached hydrogens (tertiary/aromatic N) is 1. The molecule has 1 unspecified atom stereocenters. The summed E-state index contributed by atoms with van der Waals surface area (Å²) in [6, 6.07) is 5.54. The number of aliphatic hydroxyl groups is 1. The molecule has 0 spiro atoms. The Morgan fingerprint density at radius 3 is 2.81 bits per heavy atom. The fourth-order valence-corrected chi connectivity index (χ4v) is 2.48. The molecule has 1 aliphatic heterocycles. The molecule has 0 aliphatic carbocycles. The molecule has 1 heterocycles. The molecule has 16 heavy (non-hydrogen) atoms. The van der Waals surface area contributed by atoms with Gasteiger partial charge >= 0.3 is 0 Å². The SMILES string of the molecule is COc1ccc(N2CC(O)CC2=O)cc1I. The first-order valence-corrected chi connectivity index (χ1v) is 6.01. The van der Waals surface area contributed by atoms with E-state index in [2.05, 4.69) is 22.6 Å². The molecule has 5 heteroatoms. The van der Waals surface area contributed by atoms with E-state index in [-0.39, 0.29) is 12.3 Å². The number of β-amino-alcohol motifs (C(OH)–C–C–N with tert-alkyl or cyclic N) is 1. The summed E-state index contributed by atoms with van der Waals surface area (Å²) in [5.41, 5.74) is 0.812. The van der Waals surface area contributed by atoms with E-state index in [1.165, 1.54) is 0 Å². The molecule has 1 amide bonds. The molecule has 1 aromatic rings. The van der Waals surface area contributed by atoms with Crippen molar-refractivity contribution in [2.24, 2.45) is 0 Å². The molecule has 1 saturated heterocycles. The third-order valence-electron chi connectivity index (χ3n) is 2.55. The number of benzene rings is 1. The number of carbonyl (C=O) groups is 1. The zero-order valence-electron chi connectivity index (χ0n) is 8.81. The number of halogens is 1. The third-order valence-corrected chi connectivity index (χ3v) is 3.39. The predicted molar refractivity (Wildman–Crippen MR) is 68.7 cm³/mol. The van der Waals surface area contributed by atoms with E-state index >= 15 is 0 Å². The van der Waals surface area contributed by atoms with Gasteiger partial charge in [0.2, 0.25) is 5.91 Å². The molecule has 86 valence electrons. The molecule has 0 saturated carbocycles. The summed E-state index contributed by atoms with van der Waals surface area (Å²) in [5.74, 6) is 0.755. The Hall–Kier alpha value is -0.820. The third kappa shape index (κ3) is 2.15. The summed E-state index contributed by atoms with van der Waals surface area (Å²) in [4.78, 5) is 13.2. The van der Waals surface area contributed by atoms with Crippen LogP contribution in [0, 0.1) is 3.57 Å². The lowest BCUT2D eigenvalue weighted by atomic mass is 10.3. The Morgan fingerprint density at radius 2 is 2.31 bits per heavy atom. The first-order valence-electron chi connectivity index (χ1n) is 4.94. The minimum Gasteiger partial charge on any atom is -0.496 e.